The van der Waals surface area contributed by atoms with Gasteiger partial charge in [-0.25, -0.2) is 0 Å². The quantitative estimate of drug-likeness (QED) is 0.160. The third-order valence-electron chi connectivity index (χ3n) is 12.1. The first kappa shape index (κ1) is 27.3. The monoisotopic (exact) mass is 625 g/mol. The van der Waals surface area contributed by atoms with Crippen molar-refractivity contribution < 1.29 is 0 Å². The van der Waals surface area contributed by atoms with Crippen molar-refractivity contribution in [1.82, 2.24) is 4.57 Å². The molecule has 2 aliphatic rings. The first-order chi connectivity index (χ1) is 23.9. The van der Waals surface area contributed by atoms with Gasteiger partial charge in [0.15, 0.2) is 0 Å². The second kappa shape index (κ2) is 9.07. The molecule has 0 N–H and O–H groups in total. The van der Waals surface area contributed by atoms with E-state index in [1.807, 2.05) is 0 Å². The summed E-state index contributed by atoms with van der Waals surface area (Å²) < 4.78 is 2.60. The maximum Gasteiger partial charge on any atom is 0.0629 e. The number of nitrogens with zero attached hydrogens (tertiary/aromatic N) is 1. The van der Waals surface area contributed by atoms with Crippen molar-refractivity contribution in [1.29, 1.82) is 0 Å². The van der Waals surface area contributed by atoms with E-state index in [9.17, 15) is 0 Å². The van der Waals surface area contributed by atoms with Crippen molar-refractivity contribution in [3.63, 3.8) is 0 Å². The van der Waals surface area contributed by atoms with Gasteiger partial charge in [0.2, 0.25) is 0 Å². The molecule has 11 rings (SSSR count). The minimum atomic E-state index is -0.150. The molecule has 2 aliphatic carbocycles. The predicted octanol–water partition coefficient (Wildman–Crippen LogP) is 12.9. The van der Waals surface area contributed by atoms with E-state index in [1.54, 1.807) is 0 Å². The molecule has 0 atom stereocenters. The van der Waals surface area contributed by atoms with Crippen LogP contribution < -0.4 is 0 Å². The molecule has 1 heteroatoms. The third kappa shape index (κ3) is 3.22. The molecule has 8 aromatic carbocycles. The van der Waals surface area contributed by atoms with Crippen LogP contribution in [0, 0.1) is 0 Å². The number of rotatable bonds is 1. The summed E-state index contributed by atoms with van der Waals surface area (Å²) in [6.45, 7) is 9.79. The van der Waals surface area contributed by atoms with Crippen molar-refractivity contribution in [2.24, 2.45) is 0 Å². The van der Waals surface area contributed by atoms with Crippen LogP contribution in [0.2, 0.25) is 0 Å². The molecule has 0 fully saturated rings. The van der Waals surface area contributed by atoms with Gasteiger partial charge in [0.05, 0.1) is 11.0 Å². The Hall–Kier alpha value is -5.66. The Bertz CT molecular complexity index is 2900. The van der Waals surface area contributed by atoms with E-state index >= 15 is 0 Å². The highest BCUT2D eigenvalue weighted by atomic mass is 15.0. The van der Waals surface area contributed by atoms with Crippen molar-refractivity contribution in [3.8, 4) is 27.9 Å². The van der Waals surface area contributed by atoms with Gasteiger partial charge in [-0.15, -0.1) is 0 Å². The molecule has 0 radical (unpaired) electrons. The summed E-state index contributed by atoms with van der Waals surface area (Å²) in [5, 5.41) is 10.5. The second-order valence-corrected chi connectivity index (χ2v) is 15.2. The van der Waals surface area contributed by atoms with Gasteiger partial charge in [-0.2, -0.15) is 0 Å². The summed E-state index contributed by atoms with van der Waals surface area (Å²) in [4.78, 5) is 0. The van der Waals surface area contributed by atoms with Crippen LogP contribution >= 0.6 is 0 Å². The number of benzene rings is 8. The Balaban J connectivity index is 1.38. The number of fused-ring (bicyclic) bond motifs is 18. The van der Waals surface area contributed by atoms with Gasteiger partial charge in [-0.05, 0) is 89.5 Å². The number of hydrogen-bond donors (Lipinski definition) is 0. The van der Waals surface area contributed by atoms with Gasteiger partial charge in [-0.1, -0.05) is 149 Å². The molecule has 0 bridgehead atoms. The van der Waals surface area contributed by atoms with Gasteiger partial charge in [0.1, 0.15) is 0 Å². The largest absolute Gasteiger partial charge is 0.309 e. The predicted molar refractivity (Wildman–Crippen MR) is 208 cm³/mol. The highest BCUT2D eigenvalue weighted by molar-refractivity contribution is 6.27. The first-order valence-electron chi connectivity index (χ1n) is 17.5. The molecular weight excluding hydrogens is 591 g/mol. The van der Waals surface area contributed by atoms with Crippen LogP contribution in [0.15, 0.2) is 140 Å². The number of hydrogen-bond acceptors (Lipinski definition) is 0. The molecule has 0 unspecified atom stereocenters. The molecular formula is C48H35N. The zero-order valence-electron chi connectivity index (χ0n) is 28.2. The molecule has 9 aromatic rings. The Morgan fingerprint density at radius 2 is 0.857 bits per heavy atom. The van der Waals surface area contributed by atoms with E-state index in [-0.39, 0.29) is 10.8 Å². The fourth-order valence-electron chi connectivity index (χ4n) is 10.1. The number of para-hydroxylation sites is 1. The topological polar surface area (TPSA) is 4.93 Å². The van der Waals surface area contributed by atoms with Crippen LogP contribution in [0.4, 0.5) is 0 Å². The van der Waals surface area contributed by atoms with Gasteiger partial charge < -0.3 is 4.57 Å². The lowest BCUT2D eigenvalue weighted by Gasteiger charge is -2.31. The van der Waals surface area contributed by atoms with E-state index in [4.69, 9.17) is 0 Å². The highest BCUT2D eigenvalue weighted by Gasteiger charge is 2.48. The Kier molecular flexibility index (Phi) is 5.05. The molecule has 1 heterocycles. The summed E-state index contributed by atoms with van der Waals surface area (Å²) in [5.41, 5.74) is 14.9. The molecule has 232 valence electrons. The lowest BCUT2D eigenvalue weighted by Crippen LogP contribution is -2.24. The Labute approximate surface area is 286 Å². The van der Waals surface area contributed by atoms with Crippen LogP contribution in [0.3, 0.4) is 0 Å². The minimum Gasteiger partial charge on any atom is -0.309 e. The van der Waals surface area contributed by atoms with Crippen LogP contribution in [0.25, 0.3) is 82.1 Å². The summed E-state index contributed by atoms with van der Waals surface area (Å²) in [6, 6.07) is 52.4. The van der Waals surface area contributed by atoms with Crippen LogP contribution in [-0.2, 0) is 10.8 Å². The fourth-order valence-corrected chi connectivity index (χ4v) is 10.1. The molecule has 1 aromatic heterocycles. The van der Waals surface area contributed by atoms with Crippen LogP contribution in [0.1, 0.15) is 49.9 Å². The van der Waals surface area contributed by atoms with Crippen LogP contribution in [0.5, 0.6) is 0 Å². The highest BCUT2D eigenvalue weighted by Crippen LogP contribution is 2.63. The van der Waals surface area contributed by atoms with Gasteiger partial charge in [0, 0.05) is 32.9 Å². The van der Waals surface area contributed by atoms with Crippen molar-refractivity contribution in [2.45, 2.75) is 38.5 Å². The van der Waals surface area contributed by atoms with Gasteiger partial charge in [0.25, 0.3) is 0 Å². The molecule has 49 heavy (non-hydrogen) atoms. The normalized spacial score (nSPS) is 15.3. The summed E-state index contributed by atoms with van der Waals surface area (Å²) in [5.74, 6) is 0. The molecule has 0 aliphatic heterocycles. The van der Waals surface area contributed by atoms with Crippen molar-refractivity contribution in [3.05, 3.63) is 162 Å². The molecule has 0 amide bonds. The minimum absolute atomic E-state index is 0.129. The third-order valence-corrected chi connectivity index (χ3v) is 12.1. The zero-order chi connectivity index (χ0) is 32.8. The maximum atomic E-state index is 2.60. The molecule has 0 spiro atoms. The molecule has 1 nitrogen and oxygen atoms in total. The van der Waals surface area contributed by atoms with Crippen molar-refractivity contribution >= 4 is 54.1 Å². The lowest BCUT2D eigenvalue weighted by molar-refractivity contribution is 0.602. The smallest absolute Gasteiger partial charge is 0.0629 e. The second-order valence-electron chi connectivity index (χ2n) is 15.2. The van der Waals surface area contributed by atoms with Gasteiger partial charge in [-0.3, -0.25) is 0 Å². The SMILES string of the molecule is CC1(C)c2ccccc2-c2c1c1c(c3c2c2ccccc2n3-c2ccc3c4ccccc4c4ccccc4c3c2)-c2ccccc2C1(C)C. The molecule has 0 saturated carbocycles. The Morgan fingerprint density at radius 3 is 1.47 bits per heavy atom. The van der Waals surface area contributed by atoms with E-state index in [0.717, 1.165) is 0 Å². The van der Waals surface area contributed by atoms with E-state index < -0.39 is 0 Å². The summed E-state index contributed by atoms with van der Waals surface area (Å²) >= 11 is 0. The van der Waals surface area contributed by atoms with Gasteiger partial charge >= 0.3 is 0 Å². The number of aromatic nitrogens is 1. The lowest BCUT2D eigenvalue weighted by atomic mass is 9.72. The van der Waals surface area contributed by atoms with E-state index in [1.165, 1.54) is 104 Å². The average molecular weight is 626 g/mol. The molecule has 0 saturated heterocycles. The summed E-state index contributed by atoms with van der Waals surface area (Å²) in [6.07, 6.45) is 0. The first-order valence-corrected chi connectivity index (χ1v) is 17.5. The summed E-state index contributed by atoms with van der Waals surface area (Å²) in [7, 11) is 0. The van der Waals surface area contributed by atoms with E-state index in [0.29, 0.717) is 0 Å². The van der Waals surface area contributed by atoms with E-state index in [2.05, 4.69) is 172 Å². The zero-order valence-corrected chi connectivity index (χ0v) is 28.2. The average Bonchev–Trinajstić information content (AvgIpc) is 3.69. The van der Waals surface area contributed by atoms with Crippen LogP contribution in [-0.4, -0.2) is 4.57 Å². The fraction of sp³-hybridized carbons (Fsp3) is 0.125. The standard InChI is InChI=1S/C48H35N/c1-47(2)38-22-12-9-19-34(38)41-42-36-21-11-14-24-40(36)49(46(42)43-35-20-10-13-23-39(35)48(3,4)45(43)44(41)47)28-25-26-33-31-17-6-5-15-29(31)30-16-7-8-18-32(30)37(33)27-28/h5-27H,1-4H3. The Morgan fingerprint density at radius 1 is 0.408 bits per heavy atom. The maximum absolute atomic E-state index is 2.60. The van der Waals surface area contributed by atoms with Crippen molar-refractivity contribution in [2.75, 3.05) is 0 Å².